The normalized spacial score (nSPS) is 15.3. The number of rotatable bonds is 0. The highest BCUT2D eigenvalue weighted by Gasteiger charge is 2.19. The van der Waals surface area contributed by atoms with Crippen LogP contribution in [0.1, 0.15) is 5.56 Å². The minimum absolute atomic E-state index is 1.20. The van der Waals surface area contributed by atoms with Gasteiger partial charge in [0, 0.05) is 17.4 Å². The fraction of sp³-hybridized carbons (Fsp3) is 0.250. The highest BCUT2D eigenvalue weighted by molar-refractivity contribution is 7.99. The number of aromatic nitrogens is 1. The lowest BCUT2D eigenvalue weighted by Crippen LogP contribution is -2.27. The molecule has 10 heavy (non-hydrogen) atoms. The van der Waals surface area contributed by atoms with Crippen LogP contribution in [0.5, 0.6) is 0 Å². The van der Waals surface area contributed by atoms with E-state index >= 15 is 0 Å². The number of nitrogens with zero attached hydrogens (tertiary/aromatic N) is 1. The van der Waals surface area contributed by atoms with Crippen LogP contribution in [0.15, 0.2) is 23.4 Å². The van der Waals surface area contributed by atoms with Crippen molar-refractivity contribution in [3.05, 3.63) is 30.9 Å². The summed E-state index contributed by atoms with van der Waals surface area (Å²) in [6.07, 6.45) is 3.20. The Hall–Kier alpha value is -0.500. The molecular formula is C8H9NS+. The molecule has 0 saturated heterocycles. The van der Waals surface area contributed by atoms with Gasteiger partial charge in [0.1, 0.15) is 0 Å². The van der Waals surface area contributed by atoms with Crippen LogP contribution in [0.25, 0.3) is 0 Å². The molecule has 0 saturated carbocycles. The lowest BCUT2D eigenvalue weighted by molar-refractivity contribution is -0.652. The van der Waals surface area contributed by atoms with Crippen LogP contribution in [0.2, 0.25) is 0 Å². The van der Waals surface area contributed by atoms with Gasteiger partial charge in [-0.15, -0.1) is 0 Å². The third kappa shape index (κ3) is 0.833. The summed E-state index contributed by atoms with van der Waals surface area (Å²) in [5.74, 6) is 1.22. The molecule has 0 aliphatic carbocycles. The lowest BCUT2D eigenvalue weighted by atomic mass is 10.2. The van der Waals surface area contributed by atoms with E-state index in [-0.39, 0.29) is 0 Å². The number of hydrogen-bond donors (Lipinski definition) is 0. The monoisotopic (exact) mass is 151 g/mol. The van der Waals surface area contributed by atoms with Gasteiger partial charge >= 0.3 is 0 Å². The van der Waals surface area contributed by atoms with E-state index in [0.717, 1.165) is 0 Å². The zero-order valence-corrected chi connectivity index (χ0v) is 6.53. The molecule has 2 rings (SSSR count). The topological polar surface area (TPSA) is 3.88 Å². The zero-order valence-electron chi connectivity index (χ0n) is 5.71. The Morgan fingerprint density at radius 1 is 1.60 bits per heavy atom. The van der Waals surface area contributed by atoms with Gasteiger partial charge in [-0.25, -0.2) is 0 Å². The van der Waals surface area contributed by atoms with Crippen LogP contribution in [0, 0.1) is 7.05 Å². The van der Waals surface area contributed by atoms with Crippen LogP contribution in [0.4, 0.5) is 0 Å². The van der Waals surface area contributed by atoms with Crippen molar-refractivity contribution < 1.29 is 4.57 Å². The van der Waals surface area contributed by atoms with Crippen LogP contribution < -0.4 is 4.57 Å². The van der Waals surface area contributed by atoms with Crippen molar-refractivity contribution in [1.29, 1.82) is 0 Å². The van der Waals surface area contributed by atoms with Crippen molar-refractivity contribution >= 4 is 11.8 Å². The Morgan fingerprint density at radius 3 is 3.30 bits per heavy atom. The van der Waals surface area contributed by atoms with E-state index in [1.54, 1.807) is 0 Å². The van der Waals surface area contributed by atoms with E-state index in [1.807, 2.05) is 22.5 Å². The van der Waals surface area contributed by atoms with E-state index in [1.165, 1.54) is 22.8 Å². The summed E-state index contributed by atoms with van der Waals surface area (Å²) < 4.78 is 1.95. The fourth-order valence-electron chi connectivity index (χ4n) is 1.21. The van der Waals surface area contributed by atoms with Crippen LogP contribution in [0.3, 0.4) is 0 Å². The number of hydrogen-bond acceptors (Lipinski definition) is 1. The van der Waals surface area contributed by atoms with Gasteiger partial charge in [0.15, 0.2) is 6.20 Å². The highest BCUT2D eigenvalue weighted by atomic mass is 32.2. The number of pyridine rings is 1. The van der Waals surface area contributed by atoms with Gasteiger partial charge in [-0.3, -0.25) is 0 Å². The molecule has 2 heterocycles. The molecule has 0 amide bonds. The van der Waals surface area contributed by atoms with Gasteiger partial charge in [0.05, 0.1) is 0 Å². The average molecular weight is 151 g/mol. The Kier molecular flexibility index (Phi) is 1.42. The maximum absolute atomic E-state index is 3.89. The first-order valence-electron chi connectivity index (χ1n) is 3.35. The molecule has 0 atom stereocenters. The molecule has 0 bridgehead atoms. The minimum atomic E-state index is 1.20. The molecule has 0 spiro atoms. The summed E-state index contributed by atoms with van der Waals surface area (Å²) in [5.41, 5.74) is 1.45. The van der Waals surface area contributed by atoms with Crippen molar-refractivity contribution in [3.8, 4) is 0 Å². The van der Waals surface area contributed by atoms with Crippen LogP contribution >= 0.6 is 11.8 Å². The first-order chi connectivity index (χ1) is 4.88. The second-order valence-electron chi connectivity index (χ2n) is 2.41. The third-order valence-corrected chi connectivity index (χ3v) is 2.89. The average Bonchev–Trinajstić information content (AvgIpc) is 2.36. The van der Waals surface area contributed by atoms with Gasteiger partial charge in [0.2, 0.25) is 12.1 Å². The molecular weight excluding hydrogens is 142 g/mol. The fourth-order valence-corrected chi connectivity index (χ4v) is 2.31. The van der Waals surface area contributed by atoms with E-state index in [4.69, 9.17) is 0 Å². The van der Waals surface area contributed by atoms with Crippen molar-refractivity contribution in [3.63, 3.8) is 0 Å². The summed E-state index contributed by atoms with van der Waals surface area (Å²) in [4.78, 5) is 0. The molecule has 1 aliphatic rings. The van der Waals surface area contributed by atoms with E-state index < -0.39 is 0 Å². The molecule has 2 heteroatoms. The van der Waals surface area contributed by atoms with Crippen molar-refractivity contribution in [2.75, 3.05) is 5.75 Å². The predicted octanol–water partition coefficient (Wildman–Crippen LogP) is 1.26. The smallest absolute Gasteiger partial charge is 0.186 e. The Balaban J connectivity index is 2.59. The first kappa shape index (κ1) is 6.23. The number of fused-ring (bicyclic) bond motifs is 1. The lowest BCUT2D eigenvalue weighted by Gasteiger charge is -1.92. The quantitative estimate of drug-likeness (QED) is 0.505. The van der Waals surface area contributed by atoms with E-state index in [2.05, 4.69) is 19.2 Å². The third-order valence-electron chi connectivity index (χ3n) is 1.71. The van der Waals surface area contributed by atoms with Gasteiger partial charge in [-0.1, -0.05) is 11.8 Å². The van der Waals surface area contributed by atoms with Crippen LogP contribution in [-0.4, -0.2) is 5.75 Å². The first-order valence-corrected chi connectivity index (χ1v) is 4.34. The molecule has 1 nitrogen and oxygen atoms in total. The van der Waals surface area contributed by atoms with Gasteiger partial charge in [0.25, 0.3) is 0 Å². The Labute approximate surface area is 65.1 Å². The molecule has 1 aromatic heterocycles. The number of thioether (sulfide) groups is 1. The van der Waals surface area contributed by atoms with Gasteiger partial charge < -0.3 is 0 Å². The van der Waals surface area contributed by atoms with Crippen LogP contribution in [-0.2, 0) is 6.42 Å². The maximum Gasteiger partial charge on any atom is 0.243 e. The minimum Gasteiger partial charge on any atom is -0.186 e. The molecule has 1 aliphatic heterocycles. The zero-order chi connectivity index (χ0) is 6.97. The molecule has 0 fully saturated rings. The molecule has 51 valence electrons. The van der Waals surface area contributed by atoms with E-state index in [9.17, 15) is 0 Å². The largest absolute Gasteiger partial charge is 0.243 e. The Bertz CT molecular complexity index is 257. The summed E-state index contributed by atoms with van der Waals surface area (Å²) >= 11 is 1.89. The van der Waals surface area contributed by atoms with Crippen molar-refractivity contribution in [1.82, 2.24) is 0 Å². The summed E-state index contributed by atoms with van der Waals surface area (Å²) in [5, 5.41) is 1.34. The molecule has 1 aromatic rings. The standard InChI is InChI=1S/C8H9NS/c1-9-5-2-3-7-4-6-10-8(7)9/h2-3,5H,1,4,6H2/q+1. The highest BCUT2D eigenvalue weighted by Crippen LogP contribution is 2.26. The van der Waals surface area contributed by atoms with Crippen molar-refractivity contribution in [2.45, 2.75) is 11.4 Å². The van der Waals surface area contributed by atoms with E-state index in [0.29, 0.717) is 0 Å². The second kappa shape index (κ2) is 2.27. The summed E-state index contributed by atoms with van der Waals surface area (Å²) in [7, 11) is 3.89. The molecule has 0 N–H and O–H groups in total. The molecule has 1 radical (unpaired) electrons. The maximum atomic E-state index is 3.89. The summed E-state index contributed by atoms with van der Waals surface area (Å²) in [6.45, 7) is 0. The predicted molar refractivity (Wildman–Crippen MR) is 41.8 cm³/mol. The molecule has 0 unspecified atom stereocenters. The molecule has 0 aromatic carbocycles. The second-order valence-corrected chi connectivity index (χ2v) is 3.49. The SMILES string of the molecule is [CH2][n+]1cccc2c1SCC2. The van der Waals surface area contributed by atoms with Gasteiger partial charge in [-0.2, -0.15) is 4.57 Å². The number of aryl methyl sites for hydroxylation is 1. The summed E-state index contributed by atoms with van der Waals surface area (Å²) in [6, 6.07) is 4.23. The van der Waals surface area contributed by atoms with Crippen molar-refractivity contribution in [2.24, 2.45) is 0 Å². The Morgan fingerprint density at radius 2 is 2.50 bits per heavy atom. The van der Waals surface area contributed by atoms with Gasteiger partial charge in [-0.05, 0) is 12.5 Å².